The topological polar surface area (TPSA) is 86.6 Å². The van der Waals surface area contributed by atoms with Gasteiger partial charge in [0.25, 0.3) is 5.91 Å². The summed E-state index contributed by atoms with van der Waals surface area (Å²) in [6.07, 6.45) is 0. The predicted molar refractivity (Wildman–Crippen MR) is 69.4 cm³/mol. The normalized spacial score (nSPS) is 10.1. The van der Waals surface area contributed by atoms with Gasteiger partial charge in [-0.2, -0.15) is 0 Å². The molecule has 0 saturated carbocycles. The summed E-state index contributed by atoms with van der Waals surface area (Å²) in [4.78, 5) is 22.5. The summed E-state index contributed by atoms with van der Waals surface area (Å²) >= 11 is 0. The van der Waals surface area contributed by atoms with E-state index in [9.17, 15) is 19.1 Å². The number of phenols is 1. The number of carbonyl (C=O) groups is 2. The number of benzene rings is 2. The molecule has 20 heavy (non-hydrogen) atoms. The van der Waals surface area contributed by atoms with Crippen LogP contribution in [0.15, 0.2) is 42.5 Å². The number of rotatable bonds is 3. The van der Waals surface area contributed by atoms with Gasteiger partial charge in [-0.15, -0.1) is 0 Å². The minimum absolute atomic E-state index is 0.0648. The van der Waals surface area contributed by atoms with E-state index < -0.39 is 23.3 Å². The van der Waals surface area contributed by atoms with E-state index >= 15 is 0 Å². The standard InChI is InChI=1S/C14H10FNO4/c15-12-7-9(4-5-11(12)14(19)20)16-13(18)8-2-1-3-10(17)6-8/h1-7,17H,(H,16,18)(H,19,20). The van der Waals surface area contributed by atoms with Crippen molar-refractivity contribution in [1.82, 2.24) is 0 Å². The lowest BCUT2D eigenvalue weighted by molar-refractivity contribution is 0.0692. The smallest absolute Gasteiger partial charge is 0.338 e. The van der Waals surface area contributed by atoms with E-state index in [-0.39, 0.29) is 17.0 Å². The second-order valence-electron chi connectivity index (χ2n) is 4.00. The van der Waals surface area contributed by atoms with Crippen LogP contribution in [0.4, 0.5) is 10.1 Å². The van der Waals surface area contributed by atoms with Crippen LogP contribution in [-0.2, 0) is 0 Å². The van der Waals surface area contributed by atoms with Gasteiger partial charge in [0.15, 0.2) is 0 Å². The molecule has 1 amide bonds. The van der Waals surface area contributed by atoms with Crippen LogP contribution in [0.5, 0.6) is 5.75 Å². The third-order valence-corrected chi connectivity index (χ3v) is 2.57. The van der Waals surface area contributed by atoms with Crippen molar-refractivity contribution < 1.29 is 24.2 Å². The minimum Gasteiger partial charge on any atom is -0.508 e. The zero-order valence-corrected chi connectivity index (χ0v) is 10.1. The average molecular weight is 275 g/mol. The molecule has 6 heteroatoms. The van der Waals surface area contributed by atoms with Crippen LogP contribution < -0.4 is 5.32 Å². The number of nitrogens with one attached hydrogen (secondary N) is 1. The van der Waals surface area contributed by atoms with Gasteiger partial charge in [-0.1, -0.05) is 6.07 Å². The van der Waals surface area contributed by atoms with Crippen LogP contribution in [0.25, 0.3) is 0 Å². The molecule has 0 aliphatic carbocycles. The van der Waals surface area contributed by atoms with Crippen LogP contribution >= 0.6 is 0 Å². The Balaban J connectivity index is 2.20. The molecule has 2 rings (SSSR count). The monoisotopic (exact) mass is 275 g/mol. The van der Waals surface area contributed by atoms with Gasteiger partial charge in [0, 0.05) is 11.3 Å². The van der Waals surface area contributed by atoms with Crippen LogP contribution in [-0.4, -0.2) is 22.1 Å². The second kappa shape index (κ2) is 5.40. The number of carbonyl (C=O) groups excluding carboxylic acids is 1. The zero-order chi connectivity index (χ0) is 14.7. The molecule has 0 aliphatic rings. The average Bonchev–Trinajstić information content (AvgIpc) is 2.38. The van der Waals surface area contributed by atoms with Gasteiger partial charge in [-0.25, -0.2) is 9.18 Å². The van der Waals surface area contributed by atoms with Crippen LogP contribution in [0.3, 0.4) is 0 Å². The molecule has 0 spiro atoms. The second-order valence-corrected chi connectivity index (χ2v) is 4.00. The molecular weight excluding hydrogens is 265 g/mol. The van der Waals surface area contributed by atoms with Crippen molar-refractivity contribution in [2.75, 3.05) is 5.32 Å². The Bertz CT molecular complexity index is 685. The summed E-state index contributed by atoms with van der Waals surface area (Å²) in [6, 6.07) is 8.93. The summed E-state index contributed by atoms with van der Waals surface area (Å²) in [7, 11) is 0. The molecule has 0 bridgehead atoms. The highest BCUT2D eigenvalue weighted by Crippen LogP contribution is 2.17. The number of aromatic carboxylic acids is 1. The number of phenolic OH excluding ortho intramolecular Hbond substituents is 1. The number of carboxylic acid groups (broad SMARTS) is 1. The molecule has 0 unspecified atom stereocenters. The maximum atomic E-state index is 13.4. The Morgan fingerprint density at radius 1 is 1.10 bits per heavy atom. The highest BCUT2D eigenvalue weighted by Gasteiger charge is 2.12. The van der Waals surface area contributed by atoms with Gasteiger partial charge in [0.05, 0.1) is 5.56 Å². The van der Waals surface area contributed by atoms with Crippen LogP contribution in [0.1, 0.15) is 20.7 Å². The quantitative estimate of drug-likeness (QED) is 0.803. The lowest BCUT2D eigenvalue weighted by Crippen LogP contribution is -2.12. The van der Waals surface area contributed by atoms with E-state index in [0.29, 0.717) is 0 Å². The number of aromatic hydroxyl groups is 1. The third kappa shape index (κ3) is 2.92. The Hall–Kier alpha value is -2.89. The van der Waals surface area contributed by atoms with E-state index in [1.165, 1.54) is 30.3 Å². The van der Waals surface area contributed by atoms with E-state index in [1.807, 2.05) is 0 Å². The molecule has 0 heterocycles. The molecule has 0 saturated heterocycles. The molecule has 0 fully saturated rings. The first-order valence-electron chi connectivity index (χ1n) is 5.60. The SMILES string of the molecule is O=C(Nc1ccc(C(=O)O)c(F)c1)c1cccc(O)c1. The van der Waals surface area contributed by atoms with Crippen molar-refractivity contribution in [3.05, 3.63) is 59.4 Å². The lowest BCUT2D eigenvalue weighted by atomic mass is 10.1. The Labute approximate surface area is 113 Å². The molecular formula is C14H10FNO4. The largest absolute Gasteiger partial charge is 0.508 e. The Morgan fingerprint density at radius 3 is 2.45 bits per heavy atom. The van der Waals surface area contributed by atoms with Gasteiger partial charge in [-0.05, 0) is 36.4 Å². The summed E-state index contributed by atoms with van der Waals surface area (Å²) in [5.41, 5.74) is -0.145. The van der Waals surface area contributed by atoms with Crippen molar-refractivity contribution in [3.8, 4) is 5.75 Å². The first-order valence-corrected chi connectivity index (χ1v) is 5.60. The van der Waals surface area contributed by atoms with Gasteiger partial charge < -0.3 is 15.5 Å². The molecule has 3 N–H and O–H groups in total. The molecule has 2 aromatic carbocycles. The van der Waals surface area contributed by atoms with Crippen LogP contribution in [0.2, 0.25) is 0 Å². The molecule has 5 nitrogen and oxygen atoms in total. The number of amides is 1. The van der Waals surface area contributed by atoms with E-state index in [1.54, 1.807) is 0 Å². The molecule has 0 radical (unpaired) electrons. The summed E-state index contributed by atoms with van der Waals surface area (Å²) in [6.45, 7) is 0. The zero-order valence-electron chi connectivity index (χ0n) is 10.1. The first kappa shape index (κ1) is 13.5. The lowest BCUT2D eigenvalue weighted by Gasteiger charge is -2.06. The fourth-order valence-electron chi connectivity index (χ4n) is 1.62. The van der Waals surface area contributed by atoms with Crippen molar-refractivity contribution in [2.45, 2.75) is 0 Å². The summed E-state index contributed by atoms with van der Waals surface area (Å²) in [5, 5.41) is 20.4. The highest BCUT2D eigenvalue weighted by atomic mass is 19.1. The van der Waals surface area contributed by atoms with Gasteiger partial charge in [0.2, 0.25) is 0 Å². The fourth-order valence-corrected chi connectivity index (χ4v) is 1.62. The van der Waals surface area contributed by atoms with Crippen molar-refractivity contribution in [3.63, 3.8) is 0 Å². The molecule has 0 atom stereocenters. The van der Waals surface area contributed by atoms with Crippen LogP contribution in [0, 0.1) is 5.82 Å². The van der Waals surface area contributed by atoms with E-state index in [4.69, 9.17) is 5.11 Å². The number of hydrogen-bond donors (Lipinski definition) is 3. The first-order chi connectivity index (χ1) is 9.47. The molecule has 0 aliphatic heterocycles. The number of hydrogen-bond acceptors (Lipinski definition) is 3. The Morgan fingerprint density at radius 2 is 1.85 bits per heavy atom. The summed E-state index contributed by atoms with van der Waals surface area (Å²) < 4.78 is 13.4. The van der Waals surface area contributed by atoms with E-state index in [2.05, 4.69) is 5.32 Å². The molecule has 0 aromatic heterocycles. The number of anilines is 1. The maximum Gasteiger partial charge on any atom is 0.338 e. The minimum atomic E-state index is -1.38. The highest BCUT2D eigenvalue weighted by molar-refractivity contribution is 6.04. The van der Waals surface area contributed by atoms with Crippen molar-refractivity contribution >= 4 is 17.6 Å². The number of carboxylic acids is 1. The molecule has 2 aromatic rings. The van der Waals surface area contributed by atoms with Gasteiger partial charge in [0.1, 0.15) is 11.6 Å². The third-order valence-electron chi connectivity index (χ3n) is 2.57. The Kier molecular flexibility index (Phi) is 3.65. The van der Waals surface area contributed by atoms with Gasteiger partial charge in [-0.3, -0.25) is 4.79 Å². The molecule has 102 valence electrons. The van der Waals surface area contributed by atoms with Gasteiger partial charge >= 0.3 is 5.97 Å². The number of halogens is 1. The summed E-state index contributed by atoms with van der Waals surface area (Å²) in [5.74, 6) is -2.92. The fraction of sp³-hybridized carbons (Fsp3) is 0. The van der Waals surface area contributed by atoms with Crippen molar-refractivity contribution in [1.29, 1.82) is 0 Å². The maximum absolute atomic E-state index is 13.4. The van der Waals surface area contributed by atoms with Crippen molar-refractivity contribution in [2.24, 2.45) is 0 Å². The van der Waals surface area contributed by atoms with E-state index in [0.717, 1.165) is 12.1 Å². The predicted octanol–water partition coefficient (Wildman–Crippen LogP) is 2.48.